The molecule has 1 aliphatic rings. The maximum absolute atomic E-state index is 12.5. The Kier molecular flexibility index (Phi) is 7.85. The van der Waals surface area contributed by atoms with Crippen LogP contribution in [0.3, 0.4) is 0 Å². The molecule has 0 aliphatic carbocycles. The minimum atomic E-state index is -0.136. The predicted molar refractivity (Wildman–Crippen MR) is 106 cm³/mol. The zero-order chi connectivity index (χ0) is 18.2. The number of ether oxygens (including phenoxy) is 1. The summed E-state index contributed by atoms with van der Waals surface area (Å²) in [5, 5.41) is 6.22. The summed E-state index contributed by atoms with van der Waals surface area (Å²) in [7, 11) is 0. The maximum atomic E-state index is 12.5. The average molecular weight is 363 g/mol. The molecule has 0 bridgehead atoms. The Bertz CT molecular complexity index is 589. The second-order valence-corrected chi connectivity index (χ2v) is 7.54. The van der Waals surface area contributed by atoms with Gasteiger partial charge in [-0.1, -0.05) is 50.3 Å². The molecule has 138 valence electrons. The Morgan fingerprint density at radius 2 is 2.12 bits per heavy atom. The van der Waals surface area contributed by atoms with E-state index >= 15 is 0 Å². The van der Waals surface area contributed by atoms with E-state index in [1.165, 1.54) is 5.56 Å². The van der Waals surface area contributed by atoms with E-state index in [-0.39, 0.29) is 17.9 Å². The van der Waals surface area contributed by atoms with Crippen LogP contribution in [-0.4, -0.2) is 36.7 Å². The number of thiocarbonyl (C=S) groups is 1. The Morgan fingerprint density at radius 1 is 1.36 bits per heavy atom. The fraction of sp³-hybridized carbons (Fsp3) is 0.600. The van der Waals surface area contributed by atoms with E-state index in [1.807, 2.05) is 19.1 Å². The van der Waals surface area contributed by atoms with Crippen molar-refractivity contribution in [2.24, 2.45) is 5.92 Å². The molecule has 1 fully saturated rings. The van der Waals surface area contributed by atoms with Gasteiger partial charge in [0.15, 0.2) is 0 Å². The number of rotatable bonds is 8. The molecule has 2 atom stereocenters. The molecular weight excluding hydrogens is 332 g/mol. The first-order chi connectivity index (χ1) is 12.0. The zero-order valence-corrected chi connectivity index (χ0v) is 16.3. The van der Waals surface area contributed by atoms with Gasteiger partial charge in [0.25, 0.3) is 0 Å². The zero-order valence-electron chi connectivity index (χ0n) is 15.5. The molecule has 0 spiro atoms. The highest BCUT2D eigenvalue weighted by Crippen LogP contribution is 2.22. The highest BCUT2D eigenvalue weighted by atomic mass is 32.1. The second kappa shape index (κ2) is 9.88. The van der Waals surface area contributed by atoms with Crippen molar-refractivity contribution in [2.75, 3.05) is 19.7 Å². The van der Waals surface area contributed by atoms with Gasteiger partial charge in [-0.15, -0.1) is 0 Å². The van der Waals surface area contributed by atoms with Gasteiger partial charge in [-0.25, -0.2) is 0 Å². The van der Waals surface area contributed by atoms with E-state index in [0.29, 0.717) is 19.1 Å². The highest BCUT2D eigenvalue weighted by Gasteiger charge is 2.20. The third-order valence-electron chi connectivity index (χ3n) is 4.50. The standard InChI is InChI=1S/C20H30N2O2S/c1-14(2)13-16-7-4-5-8-17(16)15(3)19(23)21-10-6-9-18-20(25)22-11-12-24-18/h4-5,7-8,14-15,18H,6,9-13H2,1-3H3,(H,21,23)(H,22,25)/t15-,18?/m1/s1. The maximum Gasteiger partial charge on any atom is 0.227 e. The first kappa shape index (κ1) is 19.9. The monoisotopic (exact) mass is 362 g/mol. The number of benzene rings is 1. The molecule has 1 aromatic carbocycles. The van der Waals surface area contributed by atoms with Gasteiger partial charge in [-0.05, 0) is 43.2 Å². The summed E-state index contributed by atoms with van der Waals surface area (Å²) in [5.41, 5.74) is 2.40. The van der Waals surface area contributed by atoms with Crippen molar-refractivity contribution >= 4 is 23.1 Å². The number of carbonyl (C=O) groups excluding carboxylic acids is 1. The second-order valence-electron chi connectivity index (χ2n) is 7.10. The van der Waals surface area contributed by atoms with Gasteiger partial charge < -0.3 is 15.4 Å². The van der Waals surface area contributed by atoms with Crippen LogP contribution in [0.2, 0.25) is 0 Å². The summed E-state index contributed by atoms with van der Waals surface area (Å²) < 4.78 is 5.65. The Morgan fingerprint density at radius 3 is 2.84 bits per heavy atom. The van der Waals surface area contributed by atoms with Crippen molar-refractivity contribution in [3.63, 3.8) is 0 Å². The third-order valence-corrected chi connectivity index (χ3v) is 4.91. The molecule has 0 saturated carbocycles. The number of hydrogen-bond donors (Lipinski definition) is 2. The lowest BCUT2D eigenvalue weighted by atomic mass is 9.90. The van der Waals surface area contributed by atoms with Crippen LogP contribution < -0.4 is 10.6 Å². The van der Waals surface area contributed by atoms with Crippen LogP contribution in [0.15, 0.2) is 24.3 Å². The van der Waals surface area contributed by atoms with E-state index < -0.39 is 0 Å². The van der Waals surface area contributed by atoms with Gasteiger partial charge in [0.05, 0.1) is 12.5 Å². The van der Waals surface area contributed by atoms with Crippen LogP contribution in [0.5, 0.6) is 0 Å². The molecular formula is C20H30N2O2S. The van der Waals surface area contributed by atoms with E-state index in [2.05, 4.69) is 36.6 Å². The summed E-state index contributed by atoms with van der Waals surface area (Å²) in [6, 6.07) is 8.26. The minimum absolute atomic E-state index is 0.00940. The minimum Gasteiger partial charge on any atom is -0.375 e. The Balaban J connectivity index is 1.81. The summed E-state index contributed by atoms with van der Waals surface area (Å²) in [4.78, 5) is 13.3. The van der Waals surface area contributed by atoms with Gasteiger partial charge >= 0.3 is 0 Å². The van der Waals surface area contributed by atoms with Gasteiger partial charge in [-0.2, -0.15) is 0 Å². The molecule has 4 nitrogen and oxygen atoms in total. The van der Waals surface area contributed by atoms with Crippen LogP contribution in [0.1, 0.15) is 50.7 Å². The molecule has 1 aliphatic heterocycles. The SMILES string of the molecule is CC(C)Cc1ccccc1[C@@H](C)C(=O)NCCCC1OCCNC1=S. The summed E-state index contributed by atoms with van der Waals surface area (Å²) in [6.45, 7) is 8.53. The molecule has 2 rings (SSSR count). The van der Waals surface area contributed by atoms with E-state index in [9.17, 15) is 4.79 Å². The number of morpholine rings is 1. The van der Waals surface area contributed by atoms with Crippen molar-refractivity contribution in [3.05, 3.63) is 35.4 Å². The number of nitrogens with one attached hydrogen (secondary N) is 2. The largest absolute Gasteiger partial charge is 0.375 e. The molecule has 1 aromatic rings. The van der Waals surface area contributed by atoms with Crippen LogP contribution in [-0.2, 0) is 16.0 Å². The molecule has 1 unspecified atom stereocenters. The van der Waals surface area contributed by atoms with Gasteiger partial charge in [0.2, 0.25) is 5.91 Å². The first-order valence-corrected chi connectivity index (χ1v) is 9.64. The van der Waals surface area contributed by atoms with E-state index in [1.54, 1.807) is 0 Å². The third kappa shape index (κ3) is 6.08. The highest BCUT2D eigenvalue weighted by molar-refractivity contribution is 7.80. The molecule has 0 aromatic heterocycles. The first-order valence-electron chi connectivity index (χ1n) is 9.24. The van der Waals surface area contributed by atoms with Crippen molar-refractivity contribution in [2.45, 2.75) is 52.1 Å². The Hall–Kier alpha value is -1.46. The summed E-state index contributed by atoms with van der Waals surface area (Å²) in [6.07, 6.45) is 2.69. The lowest BCUT2D eigenvalue weighted by Crippen LogP contribution is -2.43. The molecule has 0 radical (unpaired) electrons. The number of carbonyl (C=O) groups is 1. The molecule has 1 heterocycles. The molecule has 2 N–H and O–H groups in total. The van der Waals surface area contributed by atoms with Crippen LogP contribution in [0.4, 0.5) is 0 Å². The van der Waals surface area contributed by atoms with Crippen molar-refractivity contribution in [3.8, 4) is 0 Å². The smallest absolute Gasteiger partial charge is 0.227 e. The fourth-order valence-corrected chi connectivity index (χ4v) is 3.44. The van der Waals surface area contributed by atoms with Crippen molar-refractivity contribution in [1.82, 2.24) is 10.6 Å². The average Bonchev–Trinajstić information content (AvgIpc) is 2.59. The Labute approximate surface area is 156 Å². The molecule has 25 heavy (non-hydrogen) atoms. The van der Waals surface area contributed by atoms with Gasteiger partial charge in [0, 0.05) is 13.1 Å². The van der Waals surface area contributed by atoms with Gasteiger partial charge in [0.1, 0.15) is 11.1 Å². The van der Waals surface area contributed by atoms with Crippen LogP contribution in [0.25, 0.3) is 0 Å². The quantitative estimate of drug-likeness (QED) is 0.551. The predicted octanol–water partition coefficient (Wildman–Crippen LogP) is 3.20. The van der Waals surface area contributed by atoms with Crippen LogP contribution in [0, 0.1) is 5.92 Å². The van der Waals surface area contributed by atoms with Crippen LogP contribution >= 0.6 is 12.2 Å². The fourth-order valence-electron chi connectivity index (χ4n) is 3.16. The molecule has 1 amide bonds. The van der Waals surface area contributed by atoms with Gasteiger partial charge in [-0.3, -0.25) is 4.79 Å². The van der Waals surface area contributed by atoms with E-state index in [0.717, 1.165) is 36.4 Å². The molecule has 5 heteroatoms. The lowest BCUT2D eigenvalue weighted by molar-refractivity contribution is -0.122. The van der Waals surface area contributed by atoms with E-state index in [4.69, 9.17) is 17.0 Å². The number of amides is 1. The normalized spacial score (nSPS) is 18.7. The molecule has 1 saturated heterocycles. The topological polar surface area (TPSA) is 50.4 Å². The van der Waals surface area contributed by atoms with Crippen molar-refractivity contribution < 1.29 is 9.53 Å². The van der Waals surface area contributed by atoms with Crippen molar-refractivity contribution in [1.29, 1.82) is 0 Å². The number of hydrogen-bond acceptors (Lipinski definition) is 3. The lowest BCUT2D eigenvalue weighted by Gasteiger charge is -2.25. The summed E-state index contributed by atoms with van der Waals surface area (Å²) >= 11 is 5.26. The summed E-state index contributed by atoms with van der Waals surface area (Å²) in [5.74, 6) is 0.523.